The monoisotopic (exact) mass is 277 g/mol. The van der Waals surface area contributed by atoms with Crippen LogP contribution < -0.4 is 5.32 Å². The second-order valence-corrected chi connectivity index (χ2v) is 6.18. The quantitative estimate of drug-likeness (QED) is 0.801. The lowest BCUT2D eigenvalue weighted by Crippen LogP contribution is -2.50. The maximum absolute atomic E-state index is 11.7. The molecule has 0 aliphatic carbocycles. The van der Waals surface area contributed by atoms with E-state index in [0.717, 1.165) is 18.4 Å². The van der Waals surface area contributed by atoms with Gasteiger partial charge in [-0.15, -0.1) is 0 Å². The Balaban J connectivity index is 3.00. The van der Waals surface area contributed by atoms with Crippen LogP contribution in [0.25, 0.3) is 0 Å². The second kappa shape index (κ2) is 6.89. The van der Waals surface area contributed by atoms with E-state index in [9.17, 15) is 9.90 Å². The lowest BCUT2D eigenvalue weighted by Gasteiger charge is -2.30. The maximum Gasteiger partial charge on any atom is 0.328 e. The van der Waals surface area contributed by atoms with Crippen molar-refractivity contribution in [1.82, 2.24) is 5.32 Å². The Morgan fingerprint density at radius 1 is 1.25 bits per heavy atom. The average molecular weight is 277 g/mol. The number of carbonyl (C=O) groups is 1. The normalized spacial score (nSPS) is 15.9. The van der Waals surface area contributed by atoms with Gasteiger partial charge >= 0.3 is 5.97 Å². The highest BCUT2D eigenvalue weighted by Crippen LogP contribution is 2.23. The van der Waals surface area contributed by atoms with E-state index >= 15 is 0 Å². The third-order valence-electron chi connectivity index (χ3n) is 3.75. The van der Waals surface area contributed by atoms with Gasteiger partial charge in [-0.1, -0.05) is 45.0 Å². The summed E-state index contributed by atoms with van der Waals surface area (Å²) >= 11 is 0. The summed E-state index contributed by atoms with van der Waals surface area (Å²) in [5, 5.41) is 12.8. The number of aliphatic carboxylic acids is 1. The van der Waals surface area contributed by atoms with Gasteiger partial charge in [0.25, 0.3) is 0 Å². The number of hydrogen-bond acceptors (Lipinski definition) is 2. The van der Waals surface area contributed by atoms with E-state index in [0.29, 0.717) is 5.92 Å². The van der Waals surface area contributed by atoms with Crippen molar-refractivity contribution in [3.8, 4) is 0 Å². The van der Waals surface area contributed by atoms with Crippen molar-refractivity contribution in [2.75, 3.05) is 0 Å². The Labute approximate surface area is 122 Å². The van der Waals surface area contributed by atoms with Gasteiger partial charge in [0.2, 0.25) is 0 Å². The molecule has 2 atom stereocenters. The van der Waals surface area contributed by atoms with Gasteiger partial charge in [0.1, 0.15) is 5.54 Å². The van der Waals surface area contributed by atoms with Crippen molar-refractivity contribution in [3.63, 3.8) is 0 Å². The molecule has 0 aliphatic heterocycles. The molecule has 112 valence electrons. The molecular weight excluding hydrogens is 250 g/mol. The first-order valence-electron chi connectivity index (χ1n) is 7.40. The van der Waals surface area contributed by atoms with E-state index in [-0.39, 0.29) is 6.04 Å². The van der Waals surface area contributed by atoms with Gasteiger partial charge in [-0.2, -0.15) is 0 Å². The second-order valence-electron chi connectivity index (χ2n) is 6.18. The van der Waals surface area contributed by atoms with Gasteiger partial charge in [-0.3, -0.25) is 5.32 Å². The molecule has 0 bridgehead atoms. The number of hydrogen-bond donors (Lipinski definition) is 2. The smallest absolute Gasteiger partial charge is 0.328 e. The van der Waals surface area contributed by atoms with Crippen LogP contribution in [0.4, 0.5) is 0 Å². The summed E-state index contributed by atoms with van der Waals surface area (Å²) in [6.07, 6.45) is 1.91. The van der Waals surface area contributed by atoms with E-state index in [2.05, 4.69) is 19.2 Å². The Hall–Kier alpha value is -1.35. The molecule has 2 N–H and O–H groups in total. The Kier molecular flexibility index (Phi) is 5.75. The van der Waals surface area contributed by atoms with Crippen molar-refractivity contribution in [3.05, 3.63) is 35.4 Å². The van der Waals surface area contributed by atoms with Crippen LogP contribution in [0.1, 0.15) is 52.2 Å². The van der Waals surface area contributed by atoms with Gasteiger partial charge in [-0.05, 0) is 43.7 Å². The van der Waals surface area contributed by atoms with Crippen LogP contribution in [0.5, 0.6) is 0 Å². The van der Waals surface area contributed by atoms with Crippen LogP contribution in [-0.2, 0) is 16.8 Å². The Morgan fingerprint density at radius 3 is 2.20 bits per heavy atom. The van der Waals surface area contributed by atoms with Crippen LogP contribution >= 0.6 is 0 Å². The number of rotatable bonds is 7. The van der Waals surface area contributed by atoms with Crippen molar-refractivity contribution in [2.24, 2.45) is 5.92 Å². The third-order valence-corrected chi connectivity index (χ3v) is 3.75. The molecule has 1 aromatic carbocycles. The molecule has 2 unspecified atom stereocenters. The lowest BCUT2D eigenvalue weighted by atomic mass is 9.89. The van der Waals surface area contributed by atoms with Crippen molar-refractivity contribution >= 4 is 5.97 Å². The van der Waals surface area contributed by atoms with Crippen LogP contribution in [0.15, 0.2) is 24.3 Å². The summed E-state index contributed by atoms with van der Waals surface area (Å²) in [7, 11) is 0. The van der Waals surface area contributed by atoms with E-state index in [4.69, 9.17) is 0 Å². The number of nitrogens with one attached hydrogen (secondary N) is 1. The molecule has 0 aromatic heterocycles. The zero-order valence-corrected chi connectivity index (χ0v) is 13.2. The van der Waals surface area contributed by atoms with Gasteiger partial charge in [-0.25, -0.2) is 4.79 Å². The fourth-order valence-electron chi connectivity index (χ4n) is 2.31. The molecule has 1 rings (SSSR count). The fourth-order valence-corrected chi connectivity index (χ4v) is 2.31. The van der Waals surface area contributed by atoms with E-state index in [1.54, 1.807) is 6.92 Å². The van der Waals surface area contributed by atoms with Crippen molar-refractivity contribution in [2.45, 2.75) is 59.0 Å². The van der Waals surface area contributed by atoms with Gasteiger partial charge in [0, 0.05) is 6.04 Å². The summed E-state index contributed by atoms with van der Waals surface area (Å²) < 4.78 is 0. The number of carboxylic acids is 1. The predicted octanol–water partition coefficient (Wildman–Crippen LogP) is 3.57. The van der Waals surface area contributed by atoms with Gasteiger partial charge < -0.3 is 5.11 Å². The molecule has 0 saturated carbocycles. The summed E-state index contributed by atoms with van der Waals surface area (Å²) in [6, 6.07) is 8.10. The minimum atomic E-state index is -1.04. The van der Waals surface area contributed by atoms with Crippen molar-refractivity contribution < 1.29 is 9.90 Å². The minimum absolute atomic E-state index is 0.159. The highest BCUT2D eigenvalue weighted by Gasteiger charge is 2.35. The zero-order valence-electron chi connectivity index (χ0n) is 13.2. The highest BCUT2D eigenvalue weighted by atomic mass is 16.4. The number of benzene rings is 1. The summed E-state index contributed by atoms with van der Waals surface area (Å²) in [5.74, 6) is -0.237. The highest BCUT2D eigenvalue weighted by molar-refractivity contribution is 5.80. The molecule has 20 heavy (non-hydrogen) atoms. The molecule has 0 aliphatic rings. The van der Waals surface area contributed by atoms with Gasteiger partial charge in [0.15, 0.2) is 0 Å². The van der Waals surface area contributed by atoms with Crippen molar-refractivity contribution in [1.29, 1.82) is 0 Å². The lowest BCUT2D eigenvalue weighted by molar-refractivity contribution is -0.145. The molecule has 0 radical (unpaired) electrons. The van der Waals surface area contributed by atoms with E-state index in [1.165, 1.54) is 5.56 Å². The largest absolute Gasteiger partial charge is 0.480 e. The van der Waals surface area contributed by atoms with Crippen LogP contribution in [0.2, 0.25) is 0 Å². The molecule has 1 aromatic rings. The molecule has 3 heteroatoms. The average Bonchev–Trinajstić information content (AvgIpc) is 2.38. The zero-order chi connectivity index (χ0) is 15.3. The fraction of sp³-hybridized carbons (Fsp3) is 0.588. The summed E-state index contributed by atoms with van der Waals surface area (Å²) in [6.45, 7) is 10.2. The number of carboxylic acid groups (broad SMARTS) is 1. The molecular formula is C17H27NO2. The molecule has 0 spiro atoms. The predicted molar refractivity (Wildman–Crippen MR) is 82.9 cm³/mol. The van der Waals surface area contributed by atoms with E-state index < -0.39 is 11.5 Å². The third kappa shape index (κ3) is 4.07. The molecule has 0 heterocycles. The molecule has 0 amide bonds. The molecule has 3 nitrogen and oxygen atoms in total. The Bertz CT molecular complexity index is 439. The van der Waals surface area contributed by atoms with Crippen LogP contribution in [-0.4, -0.2) is 17.1 Å². The van der Waals surface area contributed by atoms with Gasteiger partial charge in [0.05, 0.1) is 0 Å². The minimum Gasteiger partial charge on any atom is -0.480 e. The first-order chi connectivity index (χ1) is 9.29. The van der Waals surface area contributed by atoms with Crippen LogP contribution in [0, 0.1) is 5.92 Å². The maximum atomic E-state index is 11.7. The summed E-state index contributed by atoms with van der Waals surface area (Å²) in [5.41, 5.74) is 1.02. The van der Waals surface area contributed by atoms with E-state index in [1.807, 2.05) is 38.1 Å². The molecule has 0 fully saturated rings. The summed E-state index contributed by atoms with van der Waals surface area (Å²) in [4.78, 5) is 11.7. The first kappa shape index (κ1) is 16.7. The Morgan fingerprint density at radius 2 is 1.80 bits per heavy atom. The SMILES string of the molecule is CCC(C)NC(C)(C(=O)O)c1ccc(CC(C)C)cc1. The first-order valence-corrected chi connectivity index (χ1v) is 7.40. The standard InChI is InChI=1S/C17H27NO2/c1-6-13(4)18-17(5,16(19)20)15-9-7-14(8-10-15)11-12(2)3/h7-10,12-13,18H,6,11H2,1-5H3,(H,19,20). The molecule has 0 saturated heterocycles. The topological polar surface area (TPSA) is 49.3 Å². The van der Waals surface area contributed by atoms with Crippen LogP contribution in [0.3, 0.4) is 0 Å².